The molecule has 0 saturated carbocycles. The normalized spacial score (nSPS) is 11.6. The van der Waals surface area contributed by atoms with E-state index in [1.807, 2.05) is 42.5 Å². The molecule has 0 unspecified atom stereocenters. The van der Waals surface area contributed by atoms with Crippen LogP contribution in [0.2, 0.25) is 0 Å². The average molecular weight is 369 g/mol. The summed E-state index contributed by atoms with van der Waals surface area (Å²) in [6.07, 6.45) is 0. The summed E-state index contributed by atoms with van der Waals surface area (Å²) in [7, 11) is -0.484. The van der Waals surface area contributed by atoms with Crippen molar-refractivity contribution in [2.45, 2.75) is 6.54 Å². The Bertz CT molecular complexity index is 703. The van der Waals surface area contributed by atoms with Crippen LogP contribution in [-0.4, -0.2) is 26.8 Å². The van der Waals surface area contributed by atoms with E-state index in [2.05, 4.69) is 15.9 Å². The van der Waals surface area contributed by atoms with Crippen LogP contribution in [0, 0.1) is 0 Å². The van der Waals surface area contributed by atoms with Crippen molar-refractivity contribution in [3.8, 4) is 0 Å². The van der Waals surface area contributed by atoms with Crippen LogP contribution >= 0.6 is 15.9 Å². The summed E-state index contributed by atoms with van der Waals surface area (Å²) in [5.74, 6) is 0. The molecule has 0 bridgehead atoms. The lowest BCUT2D eigenvalue weighted by Crippen LogP contribution is -2.39. The molecule has 0 radical (unpaired) electrons. The first-order valence-corrected chi connectivity index (χ1v) is 8.60. The Labute approximate surface area is 134 Å². The van der Waals surface area contributed by atoms with Crippen molar-refractivity contribution >= 4 is 31.8 Å². The summed E-state index contributed by atoms with van der Waals surface area (Å²) in [5, 5.41) is 0. The lowest BCUT2D eigenvalue weighted by molar-refractivity contribution is 0.515. The SMILES string of the molecule is CN(C)S(=O)(=O)N(Cc1cccc(Br)c1)c1ccccc1. The molecule has 0 aliphatic rings. The van der Waals surface area contributed by atoms with E-state index < -0.39 is 10.2 Å². The van der Waals surface area contributed by atoms with Crippen LogP contribution in [-0.2, 0) is 16.8 Å². The van der Waals surface area contributed by atoms with Gasteiger partial charge >= 0.3 is 10.2 Å². The van der Waals surface area contributed by atoms with Gasteiger partial charge in [-0.3, -0.25) is 4.31 Å². The molecule has 0 aliphatic heterocycles. The molecule has 0 heterocycles. The number of benzene rings is 2. The highest BCUT2D eigenvalue weighted by Crippen LogP contribution is 2.23. The first-order valence-electron chi connectivity index (χ1n) is 6.41. The highest BCUT2D eigenvalue weighted by molar-refractivity contribution is 9.10. The van der Waals surface area contributed by atoms with Gasteiger partial charge in [0.15, 0.2) is 0 Å². The molecular weight excluding hydrogens is 352 g/mol. The molecule has 0 saturated heterocycles. The standard InChI is InChI=1S/C15H17BrN2O2S/c1-17(2)21(19,20)18(15-9-4-3-5-10-15)12-13-7-6-8-14(16)11-13/h3-11H,12H2,1-2H3. The maximum Gasteiger partial charge on any atom is 0.303 e. The third-order valence-electron chi connectivity index (χ3n) is 3.00. The predicted molar refractivity (Wildman–Crippen MR) is 89.4 cm³/mol. The molecule has 21 heavy (non-hydrogen) atoms. The summed E-state index contributed by atoms with van der Waals surface area (Å²) in [4.78, 5) is 0. The Kier molecular flexibility index (Phi) is 5.03. The lowest BCUT2D eigenvalue weighted by atomic mass is 10.2. The van der Waals surface area contributed by atoms with Crippen LogP contribution in [0.4, 0.5) is 5.69 Å². The number of hydrogen-bond donors (Lipinski definition) is 0. The van der Waals surface area contributed by atoms with Gasteiger partial charge in [0.2, 0.25) is 0 Å². The second-order valence-corrected chi connectivity index (χ2v) is 7.74. The van der Waals surface area contributed by atoms with E-state index in [4.69, 9.17) is 0 Å². The predicted octanol–water partition coefficient (Wildman–Crippen LogP) is 3.26. The van der Waals surface area contributed by atoms with E-state index in [0.29, 0.717) is 5.69 Å². The van der Waals surface area contributed by atoms with Crippen LogP contribution in [0.5, 0.6) is 0 Å². The first-order chi connectivity index (χ1) is 9.91. The number of nitrogens with zero attached hydrogens (tertiary/aromatic N) is 2. The van der Waals surface area contributed by atoms with Crippen molar-refractivity contribution in [3.63, 3.8) is 0 Å². The number of hydrogen-bond acceptors (Lipinski definition) is 2. The molecule has 0 amide bonds. The summed E-state index contributed by atoms with van der Waals surface area (Å²) in [6, 6.07) is 16.7. The number of halogens is 1. The highest BCUT2D eigenvalue weighted by atomic mass is 79.9. The molecular formula is C15H17BrN2O2S. The van der Waals surface area contributed by atoms with Gasteiger partial charge < -0.3 is 0 Å². The molecule has 0 N–H and O–H groups in total. The molecule has 0 aromatic heterocycles. The molecule has 2 aromatic rings. The Morgan fingerprint density at radius 1 is 1.00 bits per heavy atom. The topological polar surface area (TPSA) is 40.6 Å². The maximum atomic E-state index is 12.6. The second-order valence-electron chi connectivity index (χ2n) is 4.76. The van der Waals surface area contributed by atoms with Gasteiger partial charge in [0, 0.05) is 18.6 Å². The minimum Gasteiger partial charge on any atom is -0.253 e. The van der Waals surface area contributed by atoms with Crippen LogP contribution in [0.25, 0.3) is 0 Å². The first kappa shape index (κ1) is 16.0. The van der Waals surface area contributed by atoms with Gasteiger partial charge in [-0.1, -0.05) is 46.3 Å². The third kappa shape index (κ3) is 3.84. The number of para-hydroxylation sites is 1. The Balaban J connectivity index is 2.42. The van der Waals surface area contributed by atoms with E-state index in [-0.39, 0.29) is 6.54 Å². The molecule has 0 spiro atoms. The number of anilines is 1. The van der Waals surface area contributed by atoms with Crippen molar-refractivity contribution < 1.29 is 8.42 Å². The minimum absolute atomic E-state index is 0.282. The van der Waals surface area contributed by atoms with E-state index >= 15 is 0 Å². The van der Waals surface area contributed by atoms with Crippen molar-refractivity contribution in [1.29, 1.82) is 0 Å². The van der Waals surface area contributed by atoms with Crippen LogP contribution < -0.4 is 4.31 Å². The monoisotopic (exact) mass is 368 g/mol. The molecule has 112 valence electrons. The Morgan fingerprint density at radius 2 is 1.67 bits per heavy atom. The average Bonchev–Trinajstić information content (AvgIpc) is 2.45. The van der Waals surface area contributed by atoms with Crippen LogP contribution in [0.3, 0.4) is 0 Å². The van der Waals surface area contributed by atoms with E-state index in [1.54, 1.807) is 12.1 Å². The maximum absolute atomic E-state index is 12.6. The second kappa shape index (κ2) is 6.60. The molecule has 6 heteroatoms. The fraction of sp³-hybridized carbons (Fsp3) is 0.200. The lowest BCUT2D eigenvalue weighted by Gasteiger charge is -2.27. The van der Waals surface area contributed by atoms with Crippen molar-refractivity contribution in [1.82, 2.24) is 4.31 Å². The molecule has 0 aliphatic carbocycles. The molecule has 2 aromatic carbocycles. The largest absolute Gasteiger partial charge is 0.303 e. The fourth-order valence-corrected chi connectivity index (χ4v) is 3.44. The van der Waals surface area contributed by atoms with Gasteiger partial charge in [-0.05, 0) is 29.8 Å². The zero-order chi connectivity index (χ0) is 15.5. The van der Waals surface area contributed by atoms with Crippen LogP contribution in [0.15, 0.2) is 59.1 Å². The van der Waals surface area contributed by atoms with E-state index in [0.717, 1.165) is 10.0 Å². The zero-order valence-corrected chi connectivity index (χ0v) is 14.3. The Hall–Kier alpha value is -1.37. The van der Waals surface area contributed by atoms with Gasteiger partial charge in [-0.25, -0.2) is 0 Å². The van der Waals surface area contributed by atoms with E-state index in [1.165, 1.54) is 22.7 Å². The van der Waals surface area contributed by atoms with Crippen LogP contribution in [0.1, 0.15) is 5.56 Å². The molecule has 0 fully saturated rings. The van der Waals surface area contributed by atoms with Gasteiger partial charge in [-0.15, -0.1) is 0 Å². The summed E-state index contributed by atoms with van der Waals surface area (Å²) in [6.45, 7) is 0.282. The fourth-order valence-electron chi connectivity index (χ4n) is 1.90. The summed E-state index contributed by atoms with van der Waals surface area (Å²) in [5.41, 5.74) is 1.56. The van der Waals surface area contributed by atoms with E-state index in [9.17, 15) is 8.42 Å². The molecule has 2 rings (SSSR count). The Morgan fingerprint density at radius 3 is 2.24 bits per heavy atom. The quantitative estimate of drug-likeness (QED) is 0.812. The van der Waals surface area contributed by atoms with Gasteiger partial charge in [0.05, 0.1) is 12.2 Å². The van der Waals surface area contributed by atoms with Gasteiger partial charge in [0.1, 0.15) is 0 Å². The summed E-state index contributed by atoms with van der Waals surface area (Å²) >= 11 is 3.41. The minimum atomic E-state index is -3.55. The summed E-state index contributed by atoms with van der Waals surface area (Å²) < 4.78 is 28.7. The smallest absolute Gasteiger partial charge is 0.253 e. The highest BCUT2D eigenvalue weighted by Gasteiger charge is 2.25. The molecule has 0 atom stereocenters. The zero-order valence-electron chi connectivity index (χ0n) is 11.9. The van der Waals surface area contributed by atoms with Gasteiger partial charge in [0.25, 0.3) is 0 Å². The molecule has 4 nitrogen and oxygen atoms in total. The third-order valence-corrected chi connectivity index (χ3v) is 5.31. The van der Waals surface area contributed by atoms with Crippen molar-refractivity contribution in [2.24, 2.45) is 0 Å². The van der Waals surface area contributed by atoms with Crippen molar-refractivity contribution in [3.05, 3.63) is 64.6 Å². The van der Waals surface area contributed by atoms with Gasteiger partial charge in [-0.2, -0.15) is 12.7 Å². The number of rotatable bonds is 5. The van der Waals surface area contributed by atoms with Crippen molar-refractivity contribution in [2.75, 3.05) is 18.4 Å².